The van der Waals surface area contributed by atoms with Crippen molar-refractivity contribution in [1.29, 1.82) is 0 Å². The first-order chi connectivity index (χ1) is 11.8. The van der Waals surface area contributed by atoms with Crippen LogP contribution >= 0.6 is 0 Å². The SMILES string of the molecule is CCCc1noc(C2CCCN(C(=O)COc3ccccc3)C2)n1. The Morgan fingerprint density at radius 1 is 1.38 bits per heavy atom. The zero-order chi connectivity index (χ0) is 16.8. The first kappa shape index (κ1) is 16.5. The summed E-state index contributed by atoms with van der Waals surface area (Å²) in [4.78, 5) is 18.7. The normalized spacial score (nSPS) is 17.7. The van der Waals surface area contributed by atoms with E-state index in [0.717, 1.165) is 38.1 Å². The third kappa shape index (κ3) is 4.13. The number of piperidine rings is 1. The molecule has 6 nitrogen and oxygen atoms in total. The van der Waals surface area contributed by atoms with Gasteiger partial charge in [0.25, 0.3) is 5.91 Å². The largest absolute Gasteiger partial charge is 0.484 e. The van der Waals surface area contributed by atoms with Gasteiger partial charge in [-0.25, -0.2) is 0 Å². The Morgan fingerprint density at radius 3 is 3.00 bits per heavy atom. The van der Waals surface area contributed by atoms with Gasteiger partial charge in [0.1, 0.15) is 5.75 Å². The van der Waals surface area contributed by atoms with Crippen molar-refractivity contribution in [3.8, 4) is 5.75 Å². The van der Waals surface area contributed by atoms with Crippen molar-refractivity contribution >= 4 is 5.91 Å². The van der Waals surface area contributed by atoms with Crippen molar-refractivity contribution in [1.82, 2.24) is 15.0 Å². The molecule has 1 unspecified atom stereocenters. The predicted molar refractivity (Wildman–Crippen MR) is 88.8 cm³/mol. The molecule has 1 aromatic carbocycles. The molecular weight excluding hydrogens is 306 g/mol. The van der Waals surface area contributed by atoms with E-state index in [1.54, 1.807) is 0 Å². The lowest BCUT2D eigenvalue weighted by atomic mass is 9.98. The molecule has 1 aliphatic rings. The molecule has 0 bridgehead atoms. The highest BCUT2D eigenvalue weighted by atomic mass is 16.5. The van der Waals surface area contributed by atoms with Crippen molar-refractivity contribution in [2.75, 3.05) is 19.7 Å². The zero-order valence-corrected chi connectivity index (χ0v) is 14.0. The summed E-state index contributed by atoms with van der Waals surface area (Å²) < 4.78 is 10.9. The smallest absolute Gasteiger partial charge is 0.260 e. The number of rotatable bonds is 6. The van der Waals surface area contributed by atoms with Crippen LogP contribution in [0.25, 0.3) is 0 Å². The van der Waals surface area contributed by atoms with Crippen molar-refractivity contribution < 1.29 is 14.1 Å². The molecule has 0 aliphatic carbocycles. The Bertz CT molecular complexity index is 657. The van der Waals surface area contributed by atoms with Crippen molar-refractivity contribution in [3.05, 3.63) is 42.0 Å². The molecule has 128 valence electrons. The summed E-state index contributed by atoms with van der Waals surface area (Å²) in [6.07, 6.45) is 3.72. The van der Waals surface area contributed by atoms with Gasteiger partial charge in [0.15, 0.2) is 12.4 Å². The molecule has 1 saturated heterocycles. The standard InChI is InChI=1S/C18H23N3O3/c1-2-7-16-19-18(24-20-16)14-8-6-11-21(12-14)17(22)13-23-15-9-4-3-5-10-15/h3-5,9-10,14H,2,6-8,11-13H2,1H3. The van der Waals surface area contributed by atoms with Crippen molar-refractivity contribution in [2.45, 2.75) is 38.5 Å². The Hall–Kier alpha value is -2.37. The third-order valence-corrected chi connectivity index (χ3v) is 4.19. The molecule has 0 radical (unpaired) electrons. The van der Waals surface area contributed by atoms with Gasteiger partial charge in [-0.05, 0) is 31.4 Å². The van der Waals surface area contributed by atoms with Crippen LogP contribution in [0.15, 0.2) is 34.9 Å². The third-order valence-electron chi connectivity index (χ3n) is 4.19. The fraction of sp³-hybridized carbons (Fsp3) is 0.500. The number of carbonyl (C=O) groups excluding carboxylic acids is 1. The Labute approximate surface area is 141 Å². The van der Waals surface area contributed by atoms with Crippen molar-refractivity contribution in [3.63, 3.8) is 0 Å². The van der Waals surface area contributed by atoms with Gasteiger partial charge in [-0.3, -0.25) is 4.79 Å². The first-order valence-corrected chi connectivity index (χ1v) is 8.54. The Morgan fingerprint density at radius 2 is 2.21 bits per heavy atom. The van der Waals surface area contributed by atoms with E-state index in [1.165, 1.54) is 0 Å². The van der Waals surface area contributed by atoms with Crippen LogP contribution in [-0.2, 0) is 11.2 Å². The maximum atomic E-state index is 12.4. The molecule has 2 heterocycles. The van der Waals surface area contributed by atoms with E-state index >= 15 is 0 Å². The van der Waals surface area contributed by atoms with Crippen LogP contribution in [0.2, 0.25) is 0 Å². The summed E-state index contributed by atoms with van der Waals surface area (Å²) in [6, 6.07) is 9.39. The van der Waals surface area contributed by atoms with Crippen LogP contribution in [0.5, 0.6) is 5.75 Å². The van der Waals surface area contributed by atoms with Crippen LogP contribution in [-0.4, -0.2) is 40.6 Å². The van der Waals surface area contributed by atoms with Crippen LogP contribution in [0, 0.1) is 0 Å². The van der Waals surface area contributed by atoms with E-state index < -0.39 is 0 Å². The number of amides is 1. The van der Waals surface area contributed by atoms with Gasteiger partial charge in [0, 0.05) is 19.5 Å². The first-order valence-electron chi connectivity index (χ1n) is 8.54. The molecule has 6 heteroatoms. The van der Waals surface area contributed by atoms with E-state index in [1.807, 2.05) is 35.2 Å². The number of hydrogen-bond acceptors (Lipinski definition) is 5. The monoisotopic (exact) mass is 329 g/mol. The quantitative estimate of drug-likeness (QED) is 0.815. The molecular formula is C18H23N3O3. The number of carbonyl (C=O) groups is 1. The van der Waals surface area contributed by atoms with E-state index in [4.69, 9.17) is 9.26 Å². The fourth-order valence-electron chi connectivity index (χ4n) is 2.92. The number of aromatic nitrogens is 2. The number of para-hydroxylation sites is 1. The molecule has 1 aromatic heterocycles. The van der Waals surface area contributed by atoms with Gasteiger partial charge in [-0.1, -0.05) is 30.3 Å². The fourth-order valence-corrected chi connectivity index (χ4v) is 2.92. The molecule has 2 aromatic rings. The molecule has 1 amide bonds. The van der Waals surface area contributed by atoms with Crippen LogP contribution in [0.1, 0.15) is 43.8 Å². The lowest BCUT2D eigenvalue weighted by Gasteiger charge is -2.30. The second kappa shape index (κ2) is 7.95. The van der Waals surface area contributed by atoms with E-state index in [9.17, 15) is 4.79 Å². The lowest BCUT2D eigenvalue weighted by molar-refractivity contribution is -0.134. The van der Waals surface area contributed by atoms with E-state index in [2.05, 4.69) is 17.1 Å². The minimum absolute atomic E-state index is 0.00292. The molecule has 1 fully saturated rings. The molecule has 3 rings (SSSR count). The van der Waals surface area contributed by atoms with Gasteiger partial charge >= 0.3 is 0 Å². The number of aryl methyl sites for hydroxylation is 1. The number of likely N-dealkylation sites (tertiary alicyclic amines) is 1. The summed E-state index contributed by atoms with van der Waals surface area (Å²) in [7, 11) is 0. The van der Waals surface area contributed by atoms with Crippen LogP contribution in [0.4, 0.5) is 0 Å². The minimum Gasteiger partial charge on any atom is -0.484 e. The number of ether oxygens (including phenoxy) is 1. The minimum atomic E-state index is -0.00292. The molecule has 1 atom stereocenters. The van der Waals surface area contributed by atoms with Crippen molar-refractivity contribution in [2.24, 2.45) is 0 Å². The Balaban J connectivity index is 1.55. The summed E-state index contributed by atoms with van der Waals surface area (Å²) >= 11 is 0. The average molecular weight is 329 g/mol. The van der Waals surface area contributed by atoms with E-state index in [-0.39, 0.29) is 18.4 Å². The summed E-state index contributed by atoms with van der Waals surface area (Å²) in [5.41, 5.74) is 0. The molecule has 0 spiro atoms. The summed E-state index contributed by atoms with van der Waals surface area (Å²) in [5, 5.41) is 4.01. The van der Waals surface area contributed by atoms with Gasteiger partial charge in [-0.2, -0.15) is 4.98 Å². The maximum Gasteiger partial charge on any atom is 0.260 e. The highest BCUT2D eigenvalue weighted by molar-refractivity contribution is 5.78. The predicted octanol–water partition coefficient (Wildman–Crippen LogP) is 2.81. The topological polar surface area (TPSA) is 68.5 Å². The second-order valence-corrected chi connectivity index (χ2v) is 6.08. The van der Waals surface area contributed by atoms with Gasteiger partial charge in [0.2, 0.25) is 5.89 Å². The van der Waals surface area contributed by atoms with Crippen LogP contribution in [0.3, 0.4) is 0 Å². The number of nitrogens with zero attached hydrogens (tertiary/aromatic N) is 3. The highest BCUT2D eigenvalue weighted by Gasteiger charge is 2.28. The molecule has 24 heavy (non-hydrogen) atoms. The summed E-state index contributed by atoms with van der Waals surface area (Å²) in [6.45, 7) is 3.51. The molecule has 1 aliphatic heterocycles. The maximum absolute atomic E-state index is 12.4. The average Bonchev–Trinajstić information content (AvgIpc) is 3.10. The van der Waals surface area contributed by atoms with Gasteiger partial charge < -0.3 is 14.2 Å². The number of benzene rings is 1. The Kier molecular flexibility index (Phi) is 5.46. The lowest BCUT2D eigenvalue weighted by Crippen LogP contribution is -2.41. The highest BCUT2D eigenvalue weighted by Crippen LogP contribution is 2.26. The van der Waals surface area contributed by atoms with Crippen LogP contribution < -0.4 is 4.74 Å². The molecule has 0 saturated carbocycles. The molecule has 0 N–H and O–H groups in total. The van der Waals surface area contributed by atoms with Gasteiger partial charge in [0.05, 0.1) is 5.92 Å². The second-order valence-electron chi connectivity index (χ2n) is 6.08. The van der Waals surface area contributed by atoms with E-state index in [0.29, 0.717) is 18.2 Å². The number of hydrogen-bond donors (Lipinski definition) is 0. The summed E-state index contributed by atoms with van der Waals surface area (Å²) in [5.74, 6) is 2.23. The van der Waals surface area contributed by atoms with Gasteiger partial charge in [-0.15, -0.1) is 0 Å². The zero-order valence-electron chi connectivity index (χ0n) is 14.0.